The summed E-state index contributed by atoms with van der Waals surface area (Å²) in [6.45, 7) is 3.67. The maximum Gasteiger partial charge on any atom is 0.262 e. The summed E-state index contributed by atoms with van der Waals surface area (Å²) in [5.74, 6) is 0.369. The van der Waals surface area contributed by atoms with Gasteiger partial charge in [0.1, 0.15) is 5.75 Å². The second kappa shape index (κ2) is 6.50. The minimum atomic E-state index is -0.274. The first kappa shape index (κ1) is 15.2. The first-order valence-corrected chi connectivity index (χ1v) is 6.89. The van der Waals surface area contributed by atoms with Crippen molar-refractivity contribution < 1.29 is 9.53 Å². The van der Waals surface area contributed by atoms with Crippen LogP contribution in [0.4, 0.5) is 11.4 Å². The Kier molecular flexibility index (Phi) is 4.70. The molecule has 110 valence electrons. The van der Waals surface area contributed by atoms with Crippen molar-refractivity contribution >= 4 is 28.9 Å². The molecule has 0 saturated carbocycles. The van der Waals surface area contributed by atoms with Gasteiger partial charge in [-0.05, 0) is 37.6 Å². The Labute approximate surface area is 128 Å². The Morgan fingerprint density at radius 3 is 2.67 bits per heavy atom. The van der Waals surface area contributed by atoms with E-state index in [0.29, 0.717) is 22.1 Å². The van der Waals surface area contributed by atoms with Gasteiger partial charge < -0.3 is 15.8 Å². The summed E-state index contributed by atoms with van der Waals surface area (Å²) in [5.41, 5.74) is 8.82. The van der Waals surface area contributed by atoms with Gasteiger partial charge in [0.05, 0.1) is 10.7 Å². The predicted molar refractivity (Wildman–Crippen MR) is 85.9 cm³/mol. The van der Waals surface area contributed by atoms with E-state index in [0.717, 1.165) is 11.1 Å². The molecule has 0 aliphatic carbocycles. The van der Waals surface area contributed by atoms with Crippen LogP contribution in [0.1, 0.15) is 11.1 Å². The van der Waals surface area contributed by atoms with Gasteiger partial charge in [-0.15, -0.1) is 0 Å². The lowest BCUT2D eigenvalue weighted by Gasteiger charge is -2.14. The van der Waals surface area contributed by atoms with Crippen LogP contribution in [0.5, 0.6) is 5.75 Å². The fraction of sp³-hybridized carbons (Fsp3) is 0.188. The van der Waals surface area contributed by atoms with Gasteiger partial charge in [0, 0.05) is 11.3 Å². The van der Waals surface area contributed by atoms with E-state index in [2.05, 4.69) is 5.32 Å². The highest BCUT2D eigenvalue weighted by Crippen LogP contribution is 2.27. The molecule has 1 amide bonds. The molecule has 4 nitrogen and oxygen atoms in total. The fourth-order valence-corrected chi connectivity index (χ4v) is 2.13. The molecule has 0 unspecified atom stereocenters. The second-order valence-electron chi connectivity index (χ2n) is 4.74. The summed E-state index contributed by atoms with van der Waals surface area (Å²) in [6.07, 6.45) is 0. The molecule has 0 atom stereocenters. The van der Waals surface area contributed by atoms with E-state index in [1.165, 1.54) is 0 Å². The largest absolute Gasteiger partial charge is 0.483 e. The Bertz CT molecular complexity index is 671. The lowest BCUT2D eigenvalue weighted by molar-refractivity contribution is -0.118. The van der Waals surface area contributed by atoms with Gasteiger partial charge in [-0.1, -0.05) is 29.8 Å². The molecule has 2 aromatic carbocycles. The van der Waals surface area contributed by atoms with E-state index < -0.39 is 0 Å². The SMILES string of the molecule is Cc1ccc(N)c(C)c1OCC(=O)Nc1ccccc1Cl. The molecule has 0 aromatic heterocycles. The van der Waals surface area contributed by atoms with Crippen LogP contribution in [-0.4, -0.2) is 12.5 Å². The lowest BCUT2D eigenvalue weighted by Crippen LogP contribution is -2.21. The molecule has 0 bridgehead atoms. The number of rotatable bonds is 4. The number of amides is 1. The maximum absolute atomic E-state index is 11.9. The zero-order valence-corrected chi connectivity index (χ0v) is 12.7. The van der Waals surface area contributed by atoms with Crippen molar-refractivity contribution in [3.05, 3.63) is 52.5 Å². The van der Waals surface area contributed by atoms with Gasteiger partial charge in [-0.2, -0.15) is 0 Å². The minimum absolute atomic E-state index is 0.101. The van der Waals surface area contributed by atoms with Gasteiger partial charge in [-0.25, -0.2) is 0 Å². The number of nitrogens with one attached hydrogen (secondary N) is 1. The van der Waals surface area contributed by atoms with Crippen LogP contribution in [-0.2, 0) is 4.79 Å². The molecule has 3 N–H and O–H groups in total. The topological polar surface area (TPSA) is 64.3 Å². The van der Waals surface area contributed by atoms with Crippen LogP contribution in [0.2, 0.25) is 5.02 Å². The number of ether oxygens (including phenoxy) is 1. The summed E-state index contributed by atoms with van der Waals surface area (Å²) >= 11 is 5.98. The average molecular weight is 305 g/mol. The standard InChI is InChI=1S/C16H17ClN2O2/c1-10-7-8-13(18)11(2)16(10)21-9-15(20)19-14-6-4-3-5-12(14)17/h3-8H,9,18H2,1-2H3,(H,19,20). The Hall–Kier alpha value is -2.20. The number of hydrogen-bond acceptors (Lipinski definition) is 3. The summed E-state index contributed by atoms with van der Waals surface area (Å²) in [4.78, 5) is 11.9. The number of hydrogen-bond donors (Lipinski definition) is 2. The van der Waals surface area contributed by atoms with E-state index in [9.17, 15) is 4.79 Å². The molecule has 0 spiro atoms. The molecule has 0 aliphatic heterocycles. The van der Waals surface area contributed by atoms with Crippen molar-refractivity contribution in [2.45, 2.75) is 13.8 Å². The molecule has 0 aliphatic rings. The van der Waals surface area contributed by atoms with Gasteiger partial charge in [0.15, 0.2) is 6.61 Å². The monoisotopic (exact) mass is 304 g/mol. The van der Waals surface area contributed by atoms with Crippen molar-refractivity contribution in [1.29, 1.82) is 0 Å². The van der Waals surface area contributed by atoms with Crippen LogP contribution in [0.15, 0.2) is 36.4 Å². The Balaban J connectivity index is 2.02. The molecule has 0 radical (unpaired) electrons. The number of carbonyl (C=O) groups excluding carboxylic acids is 1. The highest BCUT2D eigenvalue weighted by Gasteiger charge is 2.10. The van der Waals surface area contributed by atoms with E-state index in [1.807, 2.05) is 26.0 Å². The van der Waals surface area contributed by atoms with Crippen molar-refractivity contribution in [3.63, 3.8) is 0 Å². The third kappa shape index (κ3) is 3.67. The molecule has 21 heavy (non-hydrogen) atoms. The van der Waals surface area contributed by atoms with Crippen LogP contribution in [0.3, 0.4) is 0 Å². The van der Waals surface area contributed by atoms with Crippen LogP contribution < -0.4 is 15.8 Å². The van der Waals surface area contributed by atoms with Gasteiger partial charge in [0.2, 0.25) is 0 Å². The summed E-state index contributed by atoms with van der Waals surface area (Å²) in [7, 11) is 0. The molecular weight excluding hydrogens is 288 g/mol. The molecule has 5 heteroatoms. The van der Waals surface area contributed by atoms with Gasteiger partial charge in [0.25, 0.3) is 5.91 Å². The number of anilines is 2. The lowest BCUT2D eigenvalue weighted by atomic mass is 10.1. The maximum atomic E-state index is 11.9. The van der Waals surface area contributed by atoms with Crippen LogP contribution in [0, 0.1) is 13.8 Å². The normalized spacial score (nSPS) is 10.2. The van der Waals surface area contributed by atoms with E-state index >= 15 is 0 Å². The first-order chi connectivity index (χ1) is 9.99. The number of nitrogen functional groups attached to an aromatic ring is 1. The highest BCUT2D eigenvalue weighted by atomic mass is 35.5. The smallest absolute Gasteiger partial charge is 0.262 e. The van der Waals surface area contributed by atoms with Crippen molar-refractivity contribution in [3.8, 4) is 5.75 Å². The Morgan fingerprint density at radius 2 is 1.95 bits per heavy atom. The molecule has 2 aromatic rings. The average Bonchev–Trinajstić information content (AvgIpc) is 2.45. The molecule has 0 heterocycles. The molecular formula is C16H17ClN2O2. The molecule has 2 rings (SSSR count). The van der Waals surface area contributed by atoms with Gasteiger partial charge >= 0.3 is 0 Å². The summed E-state index contributed by atoms with van der Waals surface area (Å²) in [6, 6.07) is 10.7. The predicted octanol–water partition coefficient (Wildman–Crippen LogP) is 3.56. The van der Waals surface area contributed by atoms with E-state index in [1.54, 1.807) is 24.3 Å². The first-order valence-electron chi connectivity index (χ1n) is 6.52. The van der Waals surface area contributed by atoms with Crippen molar-refractivity contribution in [2.24, 2.45) is 0 Å². The fourth-order valence-electron chi connectivity index (χ4n) is 1.95. The van der Waals surface area contributed by atoms with Crippen molar-refractivity contribution in [1.82, 2.24) is 0 Å². The van der Waals surface area contributed by atoms with Crippen molar-refractivity contribution in [2.75, 3.05) is 17.7 Å². The number of benzene rings is 2. The van der Waals surface area contributed by atoms with Crippen LogP contribution in [0.25, 0.3) is 0 Å². The quantitative estimate of drug-likeness (QED) is 0.849. The van der Waals surface area contributed by atoms with E-state index in [-0.39, 0.29) is 12.5 Å². The Morgan fingerprint density at radius 1 is 1.24 bits per heavy atom. The number of carbonyl (C=O) groups is 1. The molecule has 0 fully saturated rings. The third-order valence-corrected chi connectivity index (χ3v) is 3.47. The zero-order chi connectivity index (χ0) is 15.4. The van der Waals surface area contributed by atoms with Gasteiger partial charge in [-0.3, -0.25) is 4.79 Å². The summed E-state index contributed by atoms with van der Waals surface area (Å²) in [5, 5.41) is 3.19. The summed E-state index contributed by atoms with van der Waals surface area (Å²) < 4.78 is 5.59. The third-order valence-electron chi connectivity index (χ3n) is 3.14. The number of halogens is 1. The zero-order valence-electron chi connectivity index (χ0n) is 11.9. The number of para-hydroxylation sites is 1. The number of aryl methyl sites for hydroxylation is 1. The number of nitrogens with two attached hydrogens (primary N) is 1. The van der Waals surface area contributed by atoms with Crippen LogP contribution >= 0.6 is 11.6 Å². The molecule has 0 saturated heterocycles. The van der Waals surface area contributed by atoms with E-state index in [4.69, 9.17) is 22.1 Å². The highest BCUT2D eigenvalue weighted by molar-refractivity contribution is 6.33. The second-order valence-corrected chi connectivity index (χ2v) is 5.15. The minimum Gasteiger partial charge on any atom is -0.483 e.